The van der Waals surface area contributed by atoms with E-state index in [1.807, 2.05) is 6.92 Å². The van der Waals surface area contributed by atoms with Crippen molar-refractivity contribution in [2.75, 3.05) is 26.0 Å². The van der Waals surface area contributed by atoms with Crippen LogP contribution in [0.3, 0.4) is 0 Å². The van der Waals surface area contributed by atoms with Crippen LogP contribution in [0.1, 0.15) is 13.3 Å². The summed E-state index contributed by atoms with van der Waals surface area (Å²) in [6.45, 7) is 2.01. The highest BCUT2D eigenvalue weighted by Gasteiger charge is 2.41. The molecule has 0 aromatic carbocycles. The summed E-state index contributed by atoms with van der Waals surface area (Å²) in [5, 5.41) is 17.8. The molecule has 17 heavy (non-hydrogen) atoms. The number of urea groups is 1. The molecular weight excluding hydrogens is 244 g/mol. The van der Waals surface area contributed by atoms with Crippen molar-refractivity contribution in [1.29, 1.82) is 0 Å². The lowest BCUT2D eigenvalue weighted by Crippen LogP contribution is -2.51. The number of likely N-dealkylation sites (N-methyl/N-ethyl adjacent to an activating group) is 1. The van der Waals surface area contributed by atoms with Gasteiger partial charge in [-0.3, -0.25) is 4.90 Å². The summed E-state index contributed by atoms with van der Waals surface area (Å²) in [6, 6.07) is -1.10. The van der Waals surface area contributed by atoms with Crippen LogP contribution in [0.5, 0.6) is 0 Å². The van der Waals surface area contributed by atoms with Gasteiger partial charge < -0.3 is 15.1 Å². The Labute approximate surface area is 105 Å². The molecule has 7 heteroatoms. The first-order valence-corrected chi connectivity index (χ1v) is 6.56. The summed E-state index contributed by atoms with van der Waals surface area (Å²) in [5.74, 6) is -0.550. The van der Waals surface area contributed by atoms with Gasteiger partial charge in [-0.25, -0.2) is 9.59 Å². The number of carbonyl (C=O) groups excluding carboxylic acids is 1. The zero-order valence-corrected chi connectivity index (χ0v) is 10.8. The van der Waals surface area contributed by atoms with Crippen LogP contribution in [-0.4, -0.2) is 69.4 Å². The molecule has 1 aliphatic heterocycles. The number of carboxylic acids is 1. The minimum atomic E-state index is -0.973. The fourth-order valence-corrected chi connectivity index (χ4v) is 3.11. The standard InChI is InChI=1S/C10H18N2O4S/c1-3-8-12(7(6-17-8)9(14)15)10(16)11(2)4-5-13/h7-8,13H,3-6H2,1-2H3,(H,14,15). The zero-order valence-electron chi connectivity index (χ0n) is 10.00. The van der Waals surface area contributed by atoms with Gasteiger partial charge >= 0.3 is 12.0 Å². The van der Waals surface area contributed by atoms with Crippen molar-refractivity contribution in [2.24, 2.45) is 0 Å². The van der Waals surface area contributed by atoms with Gasteiger partial charge in [-0.15, -0.1) is 11.8 Å². The van der Waals surface area contributed by atoms with Crippen LogP contribution in [0.25, 0.3) is 0 Å². The molecule has 2 unspecified atom stereocenters. The molecule has 98 valence electrons. The number of rotatable bonds is 4. The van der Waals surface area contributed by atoms with Crippen LogP contribution in [-0.2, 0) is 4.79 Å². The second-order valence-corrected chi connectivity index (χ2v) is 5.10. The van der Waals surface area contributed by atoms with Crippen molar-refractivity contribution >= 4 is 23.8 Å². The molecule has 0 radical (unpaired) electrons. The Morgan fingerprint density at radius 1 is 1.53 bits per heavy atom. The summed E-state index contributed by atoms with van der Waals surface area (Å²) in [4.78, 5) is 25.9. The third-order valence-corrected chi connectivity index (χ3v) is 4.16. The van der Waals surface area contributed by atoms with Gasteiger partial charge in [0.1, 0.15) is 6.04 Å². The number of hydrogen-bond donors (Lipinski definition) is 2. The number of aliphatic carboxylic acids is 1. The monoisotopic (exact) mass is 262 g/mol. The highest BCUT2D eigenvalue weighted by atomic mass is 32.2. The quantitative estimate of drug-likeness (QED) is 0.760. The average Bonchev–Trinajstić information content (AvgIpc) is 2.71. The summed E-state index contributed by atoms with van der Waals surface area (Å²) in [5.41, 5.74) is 0. The number of carbonyl (C=O) groups is 2. The summed E-state index contributed by atoms with van der Waals surface area (Å²) < 4.78 is 0. The van der Waals surface area contributed by atoms with Gasteiger partial charge in [-0.05, 0) is 6.42 Å². The smallest absolute Gasteiger partial charge is 0.327 e. The molecule has 1 rings (SSSR count). The van der Waals surface area contributed by atoms with E-state index in [0.29, 0.717) is 12.2 Å². The lowest BCUT2D eigenvalue weighted by atomic mass is 10.2. The van der Waals surface area contributed by atoms with Crippen LogP contribution in [0.4, 0.5) is 4.79 Å². The van der Waals surface area contributed by atoms with E-state index in [1.165, 1.54) is 21.6 Å². The Morgan fingerprint density at radius 2 is 2.18 bits per heavy atom. The first-order valence-electron chi connectivity index (χ1n) is 5.51. The normalized spacial score (nSPS) is 23.8. The van der Waals surface area contributed by atoms with E-state index in [2.05, 4.69) is 0 Å². The first kappa shape index (κ1) is 14.1. The van der Waals surface area contributed by atoms with Gasteiger partial charge in [-0.1, -0.05) is 6.92 Å². The maximum Gasteiger partial charge on any atom is 0.327 e. The van der Waals surface area contributed by atoms with E-state index in [4.69, 9.17) is 10.2 Å². The fourth-order valence-electron chi connectivity index (χ4n) is 1.77. The summed E-state index contributed by atoms with van der Waals surface area (Å²) in [7, 11) is 1.56. The predicted octanol–water partition coefficient (Wildman–Crippen LogP) is 0.269. The molecule has 1 saturated heterocycles. The van der Waals surface area contributed by atoms with Gasteiger partial charge in [0.05, 0.1) is 12.0 Å². The van der Waals surface area contributed by atoms with Crippen molar-refractivity contribution < 1.29 is 19.8 Å². The number of aliphatic hydroxyl groups excluding tert-OH is 1. The molecule has 0 spiro atoms. The molecule has 2 N–H and O–H groups in total. The van der Waals surface area contributed by atoms with Crippen LogP contribution in [0, 0.1) is 0 Å². The Morgan fingerprint density at radius 3 is 2.65 bits per heavy atom. The minimum Gasteiger partial charge on any atom is -0.480 e. The van der Waals surface area contributed by atoms with Crippen LogP contribution >= 0.6 is 11.8 Å². The Kier molecular flexibility index (Phi) is 5.07. The van der Waals surface area contributed by atoms with Crippen molar-refractivity contribution in [2.45, 2.75) is 24.8 Å². The van der Waals surface area contributed by atoms with Crippen molar-refractivity contribution in [3.63, 3.8) is 0 Å². The topological polar surface area (TPSA) is 81.1 Å². The zero-order chi connectivity index (χ0) is 13.0. The molecular formula is C10H18N2O4S. The molecule has 1 aliphatic rings. The lowest BCUT2D eigenvalue weighted by molar-refractivity contribution is -0.141. The average molecular weight is 262 g/mol. The molecule has 0 aromatic heterocycles. The van der Waals surface area contributed by atoms with E-state index >= 15 is 0 Å². The van der Waals surface area contributed by atoms with Crippen molar-refractivity contribution in [3.8, 4) is 0 Å². The molecule has 0 saturated carbocycles. The fraction of sp³-hybridized carbons (Fsp3) is 0.800. The van der Waals surface area contributed by atoms with E-state index < -0.39 is 12.0 Å². The molecule has 2 atom stereocenters. The van der Waals surface area contributed by atoms with Crippen molar-refractivity contribution in [3.05, 3.63) is 0 Å². The van der Waals surface area contributed by atoms with E-state index in [0.717, 1.165) is 0 Å². The highest BCUT2D eigenvalue weighted by molar-refractivity contribution is 8.00. The summed E-state index contributed by atoms with van der Waals surface area (Å²) in [6.07, 6.45) is 0.715. The SMILES string of the molecule is CCC1SCC(C(=O)O)N1C(=O)N(C)CCO. The largest absolute Gasteiger partial charge is 0.480 e. The second kappa shape index (κ2) is 6.11. The highest BCUT2D eigenvalue weighted by Crippen LogP contribution is 2.32. The predicted molar refractivity (Wildman–Crippen MR) is 64.9 cm³/mol. The molecule has 2 amide bonds. The van der Waals surface area contributed by atoms with Gasteiger partial charge in [0.25, 0.3) is 0 Å². The minimum absolute atomic E-state index is 0.0928. The van der Waals surface area contributed by atoms with E-state index in [1.54, 1.807) is 7.05 Å². The number of amides is 2. The number of nitrogens with zero attached hydrogens (tertiary/aromatic N) is 2. The Hall–Kier alpha value is -0.950. The molecule has 1 fully saturated rings. The van der Waals surface area contributed by atoms with Gasteiger partial charge in [0.15, 0.2) is 0 Å². The lowest BCUT2D eigenvalue weighted by Gasteiger charge is -2.30. The number of thioether (sulfide) groups is 1. The Balaban J connectivity index is 2.81. The molecule has 6 nitrogen and oxygen atoms in total. The van der Waals surface area contributed by atoms with Gasteiger partial charge in [-0.2, -0.15) is 0 Å². The molecule has 0 aliphatic carbocycles. The van der Waals surface area contributed by atoms with Crippen LogP contribution in [0.2, 0.25) is 0 Å². The number of hydrogen-bond acceptors (Lipinski definition) is 4. The third kappa shape index (κ3) is 3.04. The number of carboxylic acid groups (broad SMARTS) is 1. The first-order chi connectivity index (χ1) is 8.02. The van der Waals surface area contributed by atoms with Crippen LogP contribution in [0.15, 0.2) is 0 Å². The van der Waals surface area contributed by atoms with E-state index in [9.17, 15) is 9.59 Å². The van der Waals surface area contributed by atoms with Crippen LogP contribution < -0.4 is 0 Å². The second-order valence-electron chi connectivity index (χ2n) is 3.89. The van der Waals surface area contributed by atoms with Gasteiger partial charge in [0, 0.05) is 19.3 Å². The molecule has 1 heterocycles. The molecule has 0 bridgehead atoms. The summed E-state index contributed by atoms with van der Waals surface area (Å²) >= 11 is 1.49. The Bertz CT molecular complexity index is 300. The van der Waals surface area contributed by atoms with Crippen molar-refractivity contribution in [1.82, 2.24) is 9.80 Å². The molecule has 0 aromatic rings. The maximum atomic E-state index is 12.1. The number of aliphatic hydroxyl groups is 1. The maximum absolute atomic E-state index is 12.1. The third-order valence-electron chi connectivity index (χ3n) is 2.71. The van der Waals surface area contributed by atoms with E-state index in [-0.39, 0.29) is 24.6 Å². The van der Waals surface area contributed by atoms with Gasteiger partial charge in [0.2, 0.25) is 0 Å².